The molecule has 0 saturated carbocycles. The Morgan fingerprint density at radius 3 is 2.70 bits per heavy atom. The molecule has 1 N–H and O–H groups in total. The second-order valence-corrected chi connectivity index (χ2v) is 5.22. The third kappa shape index (κ3) is 2.30. The topological polar surface area (TPSA) is 29.1 Å². The number of hydrogen-bond donors (Lipinski definition) is 1. The van der Waals surface area contributed by atoms with Crippen LogP contribution in [0.1, 0.15) is 11.1 Å². The minimum atomic E-state index is -0.557. The normalized spacial score (nSPS) is 15.3. The Kier molecular flexibility index (Phi) is 3.24. The van der Waals surface area contributed by atoms with Crippen LogP contribution in [-0.2, 0) is 4.79 Å². The molecule has 0 aliphatic carbocycles. The molecule has 2 aromatic rings. The number of fused-ring (bicyclic) bond motifs is 1. The summed E-state index contributed by atoms with van der Waals surface area (Å²) in [6.45, 7) is 0. The van der Waals surface area contributed by atoms with Crippen molar-refractivity contribution in [2.45, 2.75) is 0 Å². The van der Waals surface area contributed by atoms with E-state index in [0.717, 1.165) is 5.56 Å². The Labute approximate surface area is 124 Å². The van der Waals surface area contributed by atoms with Crippen LogP contribution in [0.4, 0.5) is 10.1 Å². The van der Waals surface area contributed by atoms with Crippen molar-refractivity contribution in [2.75, 3.05) is 5.32 Å². The Balaban J connectivity index is 2.12. The van der Waals surface area contributed by atoms with Gasteiger partial charge in [0.05, 0.1) is 10.7 Å². The molecular formula is C15H8Cl2FNO. The Morgan fingerprint density at radius 1 is 1.15 bits per heavy atom. The molecule has 2 aromatic carbocycles. The summed E-state index contributed by atoms with van der Waals surface area (Å²) >= 11 is 11.6. The number of halogens is 3. The van der Waals surface area contributed by atoms with Crippen LogP contribution in [-0.4, -0.2) is 5.91 Å². The molecule has 3 rings (SSSR count). The van der Waals surface area contributed by atoms with Gasteiger partial charge in [-0.2, -0.15) is 0 Å². The summed E-state index contributed by atoms with van der Waals surface area (Å²) < 4.78 is 13.6. The van der Waals surface area contributed by atoms with Gasteiger partial charge in [-0.15, -0.1) is 0 Å². The van der Waals surface area contributed by atoms with Crippen LogP contribution in [0.3, 0.4) is 0 Å². The van der Waals surface area contributed by atoms with Gasteiger partial charge in [0, 0.05) is 16.2 Å². The summed E-state index contributed by atoms with van der Waals surface area (Å²) in [5.74, 6) is -0.847. The first kappa shape index (κ1) is 13.2. The number of nitrogens with one attached hydrogen (secondary N) is 1. The van der Waals surface area contributed by atoms with Crippen molar-refractivity contribution < 1.29 is 9.18 Å². The number of anilines is 1. The number of rotatable bonds is 1. The summed E-state index contributed by atoms with van der Waals surface area (Å²) in [7, 11) is 0. The van der Waals surface area contributed by atoms with E-state index in [1.807, 2.05) is 6.07 Å². The molecule has 0 radical (unpaired) electrons. The van der Waals surface area contributed by atoms with E-state index in [4.69, 9.17) is 23.2 Å². The van der Waals surface area contributed by atoms with Gasteiger partial charge in [0.1, 0.15) is 5.82 Å². The molecule has 100 valence electrons. The van der Waals surface area contributed by atoms with Crippen molar-refractivity contribution in [3.63, 3.8) is 0 Å². The van der Waals surface area contributed by atoms with Gasteiger partial charge in [-0.25, -0.2) is 4.39 Å². The minimum Gasteiger partial charge on any atom is -0.321 e. The van der Waals surface area contributed by atoms with Crippen LogP contribution in [0.2, 0.25) is 10.0 Å². The molecule has 0 aromatic heterocycles. The first-order chi connectivity index (χ1) is 9.54. The largest absolute Gasteiger partial charge is 0.321 e. The van der Waals surface area contributed by atoms with Crippen molar-refractivity contribution in [1.29, 1.82) is 0 Å². The maximum absolute atomic E-state index is 13.6. The maximum atomic E-state index is 13.6. The van der Waals surface area contributed by atoms with Crippen LogP contribution in [0.5, 0.6) is 0 Å². The molecule has 1 heterocycles. The number of benzene rings is 2. The predicted molar refractivity (Wildman–Crippen MR) is 79.4 cm³/mol. The average Bonchev–Trinajstić information content (AvgIpc) is 2.67. The van der Waals surface area contributed by atoms with E-state index in [9.17, 15) is 9.18 Å². The van der Waals surface area contributed by atoms with Crippen molar-refractivity contribution in [3.05, 3.63) is 63.4 Å². The lowest BCUT2D eigenvalue weighted by atomic mass is 10.0. The molecule has 0 unspecified atom stereocenters. The van der Waals surface area contributed by atoms with Gasteiger partial charge < -0.3 is 5.32 Å². The van der Waals surface area contributed by atoms with E-state index >= 15 is 0 Å². The lowest BCUT2D eigenvalue weighted by Crippen LogP contribution is -2.03. The summed E-state index contributed by atoms with van der Waals surface area (Å²) in [6, 6.07) is 9.73. The standard InChI is InChI=1S/C15H8Cl2FNO/c16-9-3-1-2-8(4-9)5-11-10-6-13(18)12(17)7-14(10)19-15(11)20/h1-7H,(H,19,20)/b11-5+. The lowest BCUT2D eigenvalue weighted by Gasteiger charge is -2.01. The highest BCUT2D eigenvalue weighted by Gasteiger charge is 2.25. The molecule has 0 atom stereocenters. The number of hydrogen-bond acceptors (Lipinski definition) is 1. The SMILES string of the molecule is O=C1Nc2cc(Cl)c(F)cc2/C1=C\c1cccc(Cl)c1. The molecular weight excluding hydrogens is 300 g/mol. The average molecular weight is 308 g/mol. The second kappa shape index (κ2) is 4.93. The smallest absolute Gasteiger partial charge is 0.256 e. The molecule has 0 fully saturated rings. The van der Waals surface area contributed by atoms with E-state index < -0.39 is 5.82 Å². The fraction of sp³-hybridized carbons (Fsp3) is 0. The highest BCUT2D eigenvalue weighted by atomic mass is 35.5. The van der Waals surface area contributed by atoms with E-state index in [2.05, 4.69) is 5.32 Å². The highest BCUT2D eigenvalue weighted by Crippen LogP contribution is 2.36. The first-order valence-electron chi connectivity index (χ1n) is 5.82. The molecule has 1 amide bonds. The van der Waals surface area contributed by atoms with Gasteiger partial charge in [0.2, 0.25) is 0 Å². The summed E-state index contributed by atoms with van der Waals surface area (Å²) in [5, 5.41) is 3.21. The van der Waals surface area contributed by atoms with Crippen LogP contribution in [0.15, 0.2) is 36.4 Å². The van der Waals surface area contributed by atoms with Gasteiger partial charge in [-0.1, -0.05) is 35.3 Å². The molecule has 20 heavy (non-hydrogen) atoms. The summed E-state index contributed by atoms with van der Waals surface area (Å²) in [4.78, 5) is 12.0. The fourth-order valence-corrected chi connectivity index (χ4v) is 2.45. The van der Waals surface area contributed by atoms with E-state index in [-0.39, 0.29) is 10.9 Å². The molecule has 1 aliphatic heterocycles. The van der Waals surface area contributed by atoms with Crippen LogP contribution in [0.25, 0.3) is 11.6 Å². The fourth-order valence-electron chi connectivity index (χ4n) is 2.09. The Hall–Kier alpha value is -1.84. The van der Waals surface area contributed by atoms with Crippen molar-refractivity contribution in [1.82, 2.24) is 0 Å². The maximum Gasteiger partial charge on any atom is 0.256 e. The first-order valence-corrected chi connectivity index (χ1v) is 6.58. The zero-order chi connectivity index (χ0) is 14.3. The molecule has 5 heteroatoms. The van der Waals surface area contributed by atoms with Crippen LogP contribution in [0, 0.1) is 5.82 Å². The quantitative estimate of drug-likeness (QED) is 0.765. The minimum absolute atomic E-state index is 0.0203. The van der Waals surface area contributed by atoms with Gasteiger partial charge >= 0.3 is 0 Å². The van der Waals surface area contributed by atoms with Gasteiger partial charge in [-0.05, 0) is 35.9 Å². The zero-order valence-electron chi connectivity index (χ0n) is 10.1. The third-order valence-corrected chi connectivity index (χ3v) is 3.53. The lowest BCUT2D eigenvalue weighted by molar-refractivity contribution is -0.110. The summed E-state index contributed by atoms with van der Waals surface area (Å²) in [5.41, 5.74) is 2.16. The Bertz CT molecular complexity index is 756. The summed E-state index contributed by atoms with van der Waals surface area (Å²) in [6.07, 6.45) is 1.67. The van der Waals surface area contributed by atoms with Gasteiger partial charge in [0.25, 0.3) is 5.91 Å². The Morgan fingerprint density at radius 2 is 1.95 bits per heavy atom. The second-order valence-electron chi connectivity index (χ2n) is 4.38. The molecule has 0 spiro atoms. The van der Waals surface area contributed by atoms with Crippen molar-refractivity contribution in [3.8, 4) is 0 Å². The predicted octanol–water partition coefficient (Wildman–Crippen LogP) is 4.63. The van der Waals surface area contributed by atoms with E-state index in [1.165, 1.54) is 12.1 Å². The molecule has 0 saturated heterocycles. The van der Waals surface area contributed by atoms with Crippen molar-refractivity contribution >= 4 is 46.4 Å². The monoisotopic (exact) mass is 307 g/mol. The number of carbonyl (C=O) groups is 1. The van der Waals surface area contributed by atoms with Gasteiger partial charge in [-0.3, -0.25) is 4.79 Å². The zero-order valence-corrected chi connectivity index (χ0v) is 11.6. The van der Waals surface area contributed by atoms with Gasteiger partial charge in [0.15, 0.2) is 0 Å². The number of carbonyl (C=O) groups excluding carboxylic acids is 1. The molecule has 1 aliphatic rings. The van der Waals surface area contributed by atoms with Crippen molar-refractivity contribution in [2.24, 2.45) is 0 Å². The van der Waals surface area contributed by atoms with Crippen LogP contribution >= 0.6 is 23.2 Å². The van der Waals surface area contributed by atoms with Crippen LogP contribution < -0.4 is 5.32 Å². The third-order valence-electron chi connectivity index (χ3n) is 3.00. The van der Waals surface area contributed by atoms with E-state index in [1.54, 1.807) is 24.3 Å². The van der Waals surface area contributed by atoms with E-state index in [0.29, 0.717) is 21.8 Å². The molecule has 2 nitrogen and oxygen atoms in total. The molecule has 0 bridgehead atoms. The number of amides is 1. The highest BCUT2D eigenvalue weighted by molar-refractivity contribution is 6.36.